The number of carbonyl (C=O) groups is 2. The van der Waals surface area contributed by atoms with Crippen molar-refractivity contribution >= 4 is 29.2 Å². The maximum atomic E-state index is 14.6. The van der Waals surface area contributed by atoms with Gasteiger partial charge < -0.3 is 30.3 Å². The molecule has 1 aliphatic carbocycles. The molecule has 12 nitrogen and oxygen atoms in total. The van der Waals surface area contributed by atoms with Crippen molar-refractivity contribution < 1.29 is 32.2 Å². The fourth-order valence-corrected chi connectivity index (χ4v) is 7.58. The predicted octanol–water partition coefficient (Wildman–Crippen LogP) is 6.27. The van der Waals surface area contributed by atoms with E-state index in [1.165, 1.54) is 12.0 Å². The topological polar surface area (TPSA) is 134 Å². The molecule has 2 aromatic carbocycles. The minimum Gasteiger partial charge on any atom is -0.481 e. The van der Waals surface area contributed by atoms with Gasteiger partial charge in [0.25, 0.3) is 0 Å². The summed E-state index contributed by atoms with van der Waals surface area (Å²) in [4.78, 5) is 40.2. The number of alkyl halides is 3. The fraction of sp³-hybridized carbons (Fsp3) is 0.425. The molecule has 6 rings (SSSR count). The van der Waals surface area contributed by atoms with Crippen LogP contribution in [-0.2, 0) is 35.3 Å². The normalized spacial score (nSPS) is 17.1. The third-order valence-electron chi connectivity index (χ3n) is 10.3. The Morgan fingerprint density at radius 2 is 1.68 bits per heavy atom. The molecule has 0 unspecified atom stereocenters. The summed E-state index contributed by atoms with van der Waals surface area (Å²) in [5, 5.41) is 9.84. The van der Waals surface area contributed by atoms with Crippen molar-refractivity contribution in [3.8, 4) is 34.1 Å². The molecule has 1 fully saturated rings. The van der Waals surface area contributed by atoms with Crippen LogP contribution in [0.15, 0.2) is 48.5 Å². The average Bonchev–Trinajstić information content (AvgIpc) is 3.79. The summed E-state index contributed by atoms with van der Waals surface area (Å²) in [5.74, 6) is -0.191. The lowest BCUT2D eigenvalue weighted by molar-refractivity contribution is -0.141. The highest BCUT2D eigenvalue weighted by atomic mass is 35.5. The van der Waals surface area contributed by atoms with Crippen molar-refractivity contribution in [1.82, 2.24) is 35.4 Å². The van der Waals surface area contributed by atoms with Gasteiger partial charge in [-0.3, -0.25) is 14.5 Å². The molecule has 2 amide bonds. The van der Waals surface area contributed by atoms with Gasteiger partial charge in [0.05, 0.1) is 37.0 Å². The van der Waals surface area contributed by atoms with Gasteiger partial charge >= 0.3 is 6.18 Å². The molecule has 2 aliphatic rings. The van der Waals surface area contributed by atoms with Gasteiger partial charge in [-0.2, -0.15) is 18.2 Å². The number of pyridine rings is 1. The number of nitrogens with zero attached hydrogens (tertiary/aromatic N) is 5. The van der Waals surface area contributed by atoms with Crippen molar-refractivity contribution in [2.45, 2.75) is 70.0 Å². The van der Waals surface area contributed by atoms with Crippen molar-refractivity contribution in [2.24, 2.45) is 0 Å². The molecular weight excluding hydrogens is 749 g/mol. The monoisotopic (exact) mass is 794 g/mol. The first-order valence-corrected chi connectivity index (χ1v) is 18.7. The van der Waals surface area contributed by atoms with E-state index in [9.17, 15) is 22.8 Å². The molecule has 56 heavy (non-hydrogen) atoms. The highest BCUT2D eigenvalue weighted by Gasteiger charge is 2.40. The number of hydrogen-bond acceptors (Lipinski definition) is 10. The molecule has 1 saturated heterocycles. The Kier molecular flexibility index (Phi) is 12.4. The van der Waals surface area contributed by atoms with Crippen LogP contribution in [0, 0.1) is 0 Å². The van der Waals surface area contributed by atoms with Crippen molar-refractivity contribution in [1.29, 1.82) is 0 Å². The molecule has 298 valence electrons. The largest absolute Gasteiger partial charge is 0.481 e. The molecule has 3 atom stereocenters. The highest BCUT2D eigenvalue weighted by molar-refractivity contribution is 6.36. The van der Waals surface area contributed by atoms with Crippen LogP contribution < -0.4 is 25.4 Å². The van der Waals surface area contributed by atoms with Crippen molar-refractivity contribution in [2.75, 3.05) is 47.2 Å². The molecule has 16 heteroatoms. The Labute approximate surface area is 329 Å². The lowest BCUT2D eigenvalue weighted by Gasteiger charge is -2.27. The number of likely N-dealkylation sites (N-methyl/N-ethyl adjacent to an activating group) is 2. The minimum absolute atomic E-state index is 0.0380. The Morgan fingerprint density at radius 1 is 0.964 bits per heavy atom. The molecule has 0 saturated carbocycles. The minimum atomic E-state index is -4.82. The van der Waals surface area contributed by atoms with E-state index in [0.29, 0.717) is 54.5 Å². The number of carbonyl (C=O) groups excluding carboxylic acids is 2. The Bertz CT molecular complexity index is 2100. The molecule has 3 N–H and O–H groups in total. The molecule has 0 bridgehead atoms. The molecule has 0 spiro atoms. The first-order valence-electron chi connectivity index (χ1n) is 18.3. The fourth-order valence-electron chi connectivity index (χ4n) is 7.26. The van der Waals surface area contributed by atoms with Crippen LogP contribution in [0.1, 0.15) is 60.3 Å². The van der Waals surface area contributed by atoms with E-state index < -0.39 is 29.8 Å². The zero-order valence-corrected chi connectivity index (χ0v) is 32.9. The van der Waals surface area contributed by atoms with Gasteiger partial charge in [-0.25, -0.2) is 9.97 Å². The Balaban J connectivity index is 1.25. The standard InChI is InChI=1S/C40H46ClF3N8O4/c1-22(39(54)51(2)3)52(4)21-32-38(56-6)50-36(35(47-32)40(42,43)44)48-30-17-15-26-25(9-7-10-27(26)30)28-11-8-12-29(34(28)41)31-16-13-23(37(49-31)55-5)19-45-20-24-14-18-33(53)46-24/h7-13,16,22,24,30,45H,14-15,17-21H2,1-6H3,(H,46,53)(H,48,50)/t22-,24-,30-/m0/s1. The smallest absolute Gasteiger partial charge is 0.437 e. The Morgan fingerprint density at radius 3 is 2.36 bits per heavy atom. The highest BCUT2D eigenvalue weighted by Crippen LogP contribution is 2.45. The van der Waals surface area contributed by atoms with E-state index in [1.54, 1.807) is 40.1 Å². The van der Waals surface area contributed by atoms with Gasteiger partial charge in [0.15, 0.2) is 11.5 Å². The number of methoxy groups -OCH3 is 2. The van der Waals surface area contributed by atoms with Crippen LogP contribution in [0.4, 0.5) is 19.0 Å². The van der Waals surface area contributed by atoms with Crippen LogP contribution in [0.5, 0.6) is 11.8 Å². The second-order valence-corrected chi connectivity index (χ2v) is 14.7. The van der Waals surface area contributed by atoms with Crippen LogP contribution in [0.3, 0.4) is 0 Å². The zero-order chi connectivity index (χ0) is 40.3. The van der Waals surface area contributed by atoms with Gasteiger partial charge in [0.1, 0.15) is 5.69 Å². The van der Waals surface area contributed by atoms with Crippen LogP contribution in [0.2, 0.25) is 5.02 Å². The summed E-state index contributed by atoms with van der Waals surface area (Å²) in [6.07, 6.45) is -2.40. The third-order valence-corrected chi connectivity index (χ3v) is 10.7. The number of rotatable bonds is 14. The van der Waals surface area contributed by atoms with Gasteiger partial charge in [-0.1, -0.05) is 54.1 Å². The van der Waals surface area contributed by atoms with Crippen molar-refractivity contribution in [3.05, 3.63) is 81.6 Å². The molecular formula is C40H46ClF3N8O4. The average molecular weight is 795 g/mol. The summed E-state index contributed by atoms with van der Waals surface area (Å²) >= 11 is 7.13. The molecule has 1 aliphatic heterocycles. The summed E-state index contributed by atoms with van der Waals surface area (Å²) < 4.78 is 54.8. The van der Waals surface area contributed by atoms with Gasteiger partial charge in [0, 0.05) is 62.9 Å². The maximum Gasteiger partial charge on any atom is 0.437 e. The number of halogens is 4. The number of benzene rings is 2. The third kappa shape index (κ3) is 8.69. The van der Waals surface area contributed by atoms with Crippen LogP contribution in [-0.4, -0.2) is 90.6 Å². The van der Waals surface area contributed by atoms with Gasteiger partial charge in [0.2, 0.25) is 23.6 Å². The number of hydrogen-bond donors (Lipinski definition) is 3. The molecule has 3 heterocycles. The van der Waals surface area contributed by atoms with Gasteiger partial charge in [-0.15, -0.1) is 0 Å². The lowest BCUT2D eigenvalue weighted by atomic mass is 9.94. The lowest BCUT2D eigenvalue weighted by Crippen LogP contribution is -2.42. The Hall–Kier alpha value is -4.99. The van der Waals surface area contributed by atoms with E-state index in [1.807, 2.05) is 48.5 Å². The SMILES string of the molecule is COc1nc(-c2cccc(-c3cccc4c3CC[C@@H]4Nc3nc(OC)c(CN(C)[C@@H](C)C(=O)N(C)C)nc3C(F)(F)F)c2Cl)ccc1CNC[C@@H]1CCC(=O)N1. The number of aromatic nitrogens is 3. The number of fused-ring (bicyclic) bond motifs is 1. The second kappa shape index (κ2) is 17.0. The van der Waals surface area contributed by atoms with Crippen molar-refractivity contribution in [3.63, 3.8) is 0 Å². The van der Waals surface area contributed by atoms with Gasteiger partial charge in [-0.05, 0) is 56.0 Å². The van der Waals surface area contributed by atoms with Crippen LogP contribution >= 0.6 is 11.6 Å². The predicted molar refractivity (Wildman–Crippen MR) is 207 cm³/mol. The summed E-state index contributed by atoms with van der Waals surface area (Å²) in [5.41, 5.74) is 4.38. The van der Waals surface area contributed by atoms with Crippen LogP contribution in [0.25, 0.3) is 22.4 Å². The summed E-state index contributed by atoms with van der Waals surface area (Å²) in [6.45, 7) is 2.72. The van der Waals surface area contributed by atoms with E-state index in [2.05, 4.69) is 25.9 Å². The van der Waals surface area contributed by atoms with E-state index in [-0.39, 0.29) is 36.0 Å². The quantitative estimate of drug-likeness (QED) is 0.134. The summed E-state index contributed by atoms with van der Waals surface area (Å²) in [6, 6.07) is 14.2. The molecule has 4 aromatic rings. The first-order chi connectivity index (χ1) is 26.7. The maximum absolute atomic E-state index is 14.6. The molecule has 0 radical (unpaired) electrons. The number of anilines is 1. The number of nitrogens with one attached hydrogen (secondary N) is 3. The molecule has 2 aromatic heterocycles. The number of amides is 2. The number of ether oxygens (including phenoxy) is 2. The van der Waals surface area contributed by atoms with E-state index in [0.717, 1.165) is 34.2 Å². The second-order valence-electron chi connectivity index (χ2n) is 14.3. The van der Waals surface area contributed by atoms with E-state index >= 15 is 0 Å². The zero-order valence-electron chi connectivity index (χ0n) is 32.2. The summed E-state index contributed by atoms with van der Waals surface area (Å²) in [7, 11) is 7.75. The van der Waals surface area contributed by atoms with E-state index in [4.69, 9.17) is 26.1 Å². The first kappa shape index (κ1) is 40.7.